The molecule has 0 bridgehead atoms. The highest BCUT2D eigenvalue weighted by molar-refractivity contribution is 9.10. The average molecular weight is 298 g/mol. The number of aryl methyl sites for hydroxylation is 1. The van der Waals surface area contributed by atoms with Crippen molar-refractivity contribution in [1.29, 1.82) is 0 Å². The SMILES string of the molecule is CCC1CCCC(Nc2cc(Br)nc(C)n2)C1. The standard InChI is InChI=1S/C13H20BrN3/c1-3-10-5-4-6-11(7-10)17-13-8-12(14)15-9(2)16-13/h8,10-11H,3-7H2,1-2H3,(H,15,16,17). The van der Waals surface area contributed by atoms with Crippen molar-refractivity contribution in [2.45, 2.75) is 52.0 Å². The van der Waals surface area contributed by atoms with Crippen molar-refractivity contribution in [1.82, 2.24) is 9.97 Å². The van der Waals surface area contributed by atoms with Crippen LogP contribution in [0.4, 0.5) is 5.82 Å². The van der Waals surface area contributed by atoms with E-state index in [9.17, 15) is 0 Å². The van der Waals surface area contributed by atoms with Gasteiger partial charge in [0.2, 0.25) is 0 Å². The van der Waals surface area contributed by atoms with Crippen molar-refractivity contribution in [3.8, 4) is 0 Å². The zero-order valence-electron chi connectivity index (χ0n) is 10.5. The van der Waals surface area contributed by atoms with Crippen LogP contribution in [0.5, 0.6) is 0 Å². The summed E-state index contributed by atoms with van der Waals surface area (Å²) in [4.78, 5) is 8.65. The highest BCUT2D eigenvalue weighted by atomic mass is 79.9. The monoisotopic (exact) mass is 297 g/mol. The Kier molecular flexibility index (Phi) is 4.37. The Balaban J connectivity index is 2.00. The fraction of sp³-hybridized carbons (Fsp3) is 0.692. The van der Waals surface area contributed by atoms with Crippen molar-refractivity contribution in [3.05, 3.63) is 16.5 Å². The maximum Gasteiger partial charge on any atom is 0.131 e. The zero-order valence-corrected chi connectivity index (χ0v) is 12.1. The Labute approximate surface area is 112 Å². The molecule has 4 heteroatoms. The third-order valence-corrected chi connectivity index (χ3v) is 3.93. The summed E-state index contributed by atoms with van der Waals surface area (Å²) >= 11 is 3.41. The molecule has 1 fully saturated rings. The van der Waals surface area contributed by atoms with Crippen molar-refractivity contribution >= 4 is 21.7 Å². The second-order valence-electron chi connectivity index (χ2n) is 4.91. The minimum absolute atomic E-state index is 0.579. The maximum atomic E-state index is 4.43. The summed E-state index contributed by atoms with van der Waals surface area (Å²) in [6, 6.07) is 2.54. The van der Waals surface area contributed by atoms with Crippen LogP contribution in [0, 0.1) is 12.8 Å². The lowest BCUT2D eigenvalue weighted by Gasteiger charge is -2.29. The zero-order chi connectivity index (χ0) is 12.3. The van der Waals surface area contributed by atoms with Crippen molar-refractivity contribution in [3.63, 3.8) is 0 Å². The summed E-state index contributed by atoms with van der Waals surface area (Å²) in [7, 11) is 0. The van der Waals surface area contributed by atoms with Gasteiger partial charge in [0.05, 0.1) is 0 Å². The van der Waals surface area contributed by atoms with Gasteiger partial charge in [-0.1, -0.05) is 26.2 Å². The Morgan fingerprint density at radius 3 is 2.94 bits per heavy atom. The minimum Gasteiger partial charge on any atom is -0.367 e. The molecule has 1 saturated carbocycles. The van der Waals surface area contributed by atoms with Gasteiger partial charge in [0.1, 0.15) is 16.2 Å². The van der Waals surface area contributed by atoms with E-state index in [1.165, 1.54) is 32.1 Å². The molecule has 1 heterocycles. The van der Waals surface area contributed by atoms with Gasteiger partial charge >= 0.3 is 0 Å². The van der Waals surface area contributed by atoms with Gasteiger partial charge in [0, 0.05) is 12.1 Å². The van der Waals surface area contributed by atoms with Gasteiger partial charge in [-0.2, -0.15) is 0 Å². The molecule has 0 spiro atoms. The van der Waals surface area contributed by atoms with Gasteiger partial charge in [-0.15, -0.1) is 0 Å². The Bertz CT molecular complexity index is 361. The molecule has 2 rings (SSSR count). The number of halogens is 1. The molecule has 1 aromatic rings. The first kappa shape index (κ1) is 12.8. The van der Waals surface area contributed by atoms with Crippen molar-refractivity contribution in [2.24, 2.45) is 5.92 Å². The lowest BCUT2D eigenvalue weighted by Crippen LogP contribution is -2.27. The van der Waals surface area contributed by atoms with Crippen LogP contribution in [0.15, 0.2) is 10.7 Å². The summed E-state index contributed by atoms with van der Waals surface area (Å²) in [5.41, 5.74) is 0. The molecule has 2 atom stereocenters. The topological polar surface area (TPSA) is 37.8 Å². The van der Waals surface area contributed by atoms with E-state index in [-0.39, 0.29) is 0 Å². The maximum absolute atomic E-state index is 4.43. The van der Waals surface area contributed by atoms with Gasteiger partial charge in [0.15, 0.2) is 0 Å². The van der Waals surface area contributed by atoms with E-state index in [2.05, 4.69) is 38.1 Å². The largest absolute Gasteiger partial charge is 0.367 e. The van der Waals surface area contributed by atoms with Gasteiger partial charge in [-0.25, -0.2) is 9.97 Å². The van der Waals surface area contributed by atoms with E-state index in [4.69, 9.17) is 0 Å². The van der Waals surface area contributed by atoms with Crippen LogP contribution in [0.3, 0.4) is 0 Å². The number of aromatic nitrogens is 2. The van der Waals surface area contributed by atoms with E-state index in [0.29, 0.717) is 6.04 Å². The molecule has 0 amide bonds. The molecule has 1 aromatic heterocycles. The van der Waals surface area contributed by atoms with Gasteiger partial charge in [0.25, 0.3) is 0 Å². The van der Waals surface area contributed by atoms with Gasteiger partial charge in [-0.3, -0.25) is 0 Å². The van der Waals surface area contributed by atoms with E-state index < -0.39 is 0 Å². The van der Waals surface area contributed by atoms with Crippen molar-refractivity contribution < 1.29 is 0 Å². The van der Waals surface area contributed by atoms with E-state index in [1.54, 1.807) is 0 Å². The summed E-state index contributed by atoms with van der Waals surface area (Å²) in [6.45, 7) is 4.21. The highest BCUT2D eigenvalue weighted by Crippen LogP contribution is 2.28. The van der Waals surface area contributed by atoms with Crippen LogP contribution in [0.1, 0.15) is 44.9 Å². The molecular weight excluding hydrogens is 278 g/mol. The number of rotatable bonds is 3. The van der Waals surface area contributed by atoms with Crippen LogP contribution in [-0.2, 0) is 0 Å². The summed E-state index contributed by atoms with van der Waals surface area (Å²) in [6.07, 6.45) is 6.56. The number of anilines is 1. The number of hydrogen-bond donors (Lipinski definition) is 1. The first-order chi connectivity index (χ1) is 8.17. The Morgan fingerprint density at radius 2 is 2.24 bits per heavy atom. The molecule has 3 nitrogen and oxygen atoms in total. The molecule has 0 aliphatic heterocycles. The summed E-state index contributed by atoms with van der Waals surface area (Å²) in [5, 5.41) is 3.55. The molecule has 94 valence electrons. The first-order valence-corrected chi connectivity index (χ1v) is 7.24. The minimum atomic E-state index is 0.579. The van der Waals surface area contributed by atoms with Crippen LogP contribution in [0.25, 0.3) is 0 Å². The number of nitrogens with one attached hydrogen (secondary N) is 1. The van der Waals surface area contributed by atoms with Gasteiger partial charge in [-0.05, 0) is 41.6 Å². The lowest BCUT2D eigenvalue weighted by molar-refractivity contribution is 0.327. The summed E-state index contributed by atoms with van der Waals surface area (Å²) < 4.78 is 0.857. The molecule has 1 N–H and O–H groups in total. The van der Waals surface area contributed by atoms with Crippen LogP contribution >= 0.6 is 15.9 Å². The molecule has 2 unspecified atom stereocenters. The van der Waals surface area contributed by atoms with Crippen LogP contribution in [-0.4, -0.2) is 16.0 Å². The van der Waals surface area contributed by atoms with Crippen LogP contribution < -0.4 is 5.32 Å². The summed E-state index contributed by atoms with van der Waals surface area (Å²) in [5.74, 6) is 2.64. The van der Waals surface area contributed by atoms with Gasteiger partial charge < -0.3 is 5.32 Å². The Morgan fingerprint density at radius 1 is 1.41 bits per heavy atom. The van der Waals surface area contributed by atoms with Crippen molar-refractivity contribution in [2.75, 3.05) is 5.32 Å². The number of nitrogens with zero attached hydrogens (tertiary/aromatic N) is 2. The first-order valence-electron chi connectivity index (χ1n) is 6.45. The Hall–Kier alpha value is -0.640. The van der Waals surface area contributed by atoms with E-state index in [0.717, 1.165) is 22.2 Å². The quantitative estimate of drug-likeness (QED) is 0.859. The smallest absolute Gasteiger partial charge is 0.131 e. The predicted molar refractivity (Wildman–Crippen MR) is 74.1 cm³/mol. The third-order valence-electron chi connectivity index (χ3n) is 3.52. The predicted octanol–water partition coefficient (Wildman–Crippen LogP) is 3.93. The third kappa shape index (κ3) is 3.66. The van der Waals surface area contributed by atoms with E-state index in [1.807, 2.05) is 13.0 Å². The fourth-order valence-electron chi connectivity index (χ4n) is 2.61. The second-order valence-corrected chi connectivity index (χ2v) is 5.72. The van der Waals surface area contributed by atoms with E-state index >= 15 is 0 Å². The second kappa shape index (κ2) is 5.80. The molecule has 0 aromatic carbocycles. The molecular formula is C13H20BrN3. The lowest BCUT2D eigenvalue weighted by atomic mass is 9.84. The molecule has 0 radical (unpaired) electrons. The highest BCUT2D eigenvalue weighted by Gasteiger charge is 2.20. The molecule has 1 aliphatic carbocycles. The molecule has 1 aliphatic rings. The molecule has 17 heavy (non-hydrogen) atoms. The molecule has 0 saturated heterocycles. The fourth-order valence-corrected chi connectivity index (χ4v) is 3.08. The van der Waals surface area contributed by atoms with Crippen LogP contribution in [0.2, 0.25) is 0 Å². The average Bonchev–Trinajstić information content (AvgIpc) is 2.28. The number of hydrogen-bond acceptors (Lipinski definition) is 3. The normalized spacial score (nSPS) is 24.6.